The lowest BCUT2D eigenvalue weighted by atomic mass is 9.54. The van der Waals surface area contributed by atoms with E-state index in [9.17, 15) is 24.5 Å². The highest BCUT2D eigenvalue weighted by atomic mass is 35.5. The van der Waals surface area contributed by atoms with Crippen LogP contribution in [0.2, 0.25) is 0 Å². The number of imide groups is 1. The van der Waals surface area contributed by atoms with E-state index in [2.05, 4.69) is 5.32 Å². The summed E-state index contributed by atoms with van der Waals surface area (Å²) in [6.45, 7) is -0.661. The van der Waals surface area contributed by atoms with Gasteiger partial charge in [0, 0.05) is 12.1 Å². The smallest absolute Gasteiger partial charge is 0.293 e. The Morgan fingerprint density at radius 3 is 1.84 bits per heavy atom. The molecule has 9 nitrogen and oxygen atoms in total. The van der Waals surface area contributed by atoms with Crippen LogP contribution in [0.25, 0.3) is 0 Å². The lowest BCUT2D eigenvalue weighted by molar-refractivity contribution is -0.383. The number of halogens is 2. The maximum Gasteiger partial charge on any atom is 0.293 e. The normalized spacial score (nSPS) is 26.4. The van der Waals surface area contributed by atoms with Crippen molar-refractivity contribution >= 4 is 52.3 Å². The van der Waals surface area contributed by atoms with E-state index in [1.807, 2.05) is 0 Å². The van der Waals surface area contributed by atoms with Gasteiger partial charge in [0.1, 0.15) is 27.7 Å². The van der Waals surface area contributed by atoms with E-state index in [-0.39, 0.29) is 17.1 Å². The number of nitrogens with one attached hydrogen (secondary N) is 1. The molecule has 192 valence electrons. The van der Waals surface area contributed by atoms with Crippen LogP contribution in [0.1, 0.15) is 22.3 Å². The monoisotopic (exact) mass is 551 g/mol. The fourth-order valence-electron chi connectivity index (χ4n) is 6.12. The second-order valence-corrected chi connectivity index (χ2v) is 10.6. The molecule has 0 radical (unpaired) electrons. The first-order valence-electron chi connectivity index (χ1n) is 11.7. The van der Waals surface area contributed by atoms with Crippen LogP contribution in [-0.2, 0) is 24.1 Å². The fraction of sp³-hybridized carbons (Fsp3) is 0.222. The van der Waals surface area contributed by atoms with Crippen LogP contribution in [0.15, 0.2) is 66.7 Å². The van der Waals surface area contributed by atoms with Gasteiger partial charge in [-0.15, -0.1) is 23.2 Å². The van der Waals surface area contributed by atoms with Gasteiger partial charge in [-0.2, -0.15) is 0 Å². The van der Waals surface area contributed by atoms with Gasteiger partial charge in [-0.25, -0.2) is 0 Å². The van der Waals surface area contributed by atoms with Crippen molar-refractivity contribution in [1.82, 2.24) is 4.90 Å². The van der Waals surface area contributed by atoms with Crippen LogP contribution < -0.4 is 10.1 Å². The summed E-state index contributed by atoms with van der Waals surface area (Å²) in [6.07, 6.45) is 0. The predicted molar refractivity (Wildman–Crippen MR) is 138 cm³/mol. The number of hydrogen-bond donors (Lipinski definition) is 1. The molecule has 1 aliphatic heterocycles. The Kier molecular flexibility index (Phi) is 5.31. The Morgan fingerprint density at radius 1 is 0.947 bits per heavy atom. The third-order valence-electron chi connectivity index (χ3n) is 7.65. The van der Waals surface area contributed by atoms with Crippen LogP contribution in [-0.4, -0.2) is 41.2 Å². The average Bonchev–Trinajstić information content (AvgIpc) is 3.17. The molecule has 0 aromatic heterocycles. The van der Waals surface area contributed by atoms with Gasteiger partial charge < -0.3 is 10.1 Å². The number of amides is 3. The van der Waals surface area contributed by atoms with E-state index < -0.39 is 50.8 Å². The van der Waals surface area contributed by atoms with Crippen LogP contribution in [0.3, 0.4) is 0 Å². The van der Waals surface area contributed by atoms with E-state index >= 15 is 0 Å². The zero-order valence-electron chi connectivity index (χ0n) is 19.8. The Bertz CT molecular complexity index is 1450. The maximum absolute atomic E-state index is 13.8. The van der Waals surface area contributed by atoms with E-state index in [0.717, 1.165) is 4.90 Å². The zero-order chi connectivity index (χ0) is 27.0. The molecule has 7 rings (SSSR count). The lowest BCUT2D eigenvalue weighted by Crippen LogP contribution is -2.57. The van der Waals surface area contributed by atoms with Crippen molar-refractivity contribution in [1.29, 1.82) is 0 Å². The van der Waals surface area contributed by atoms with Crippen molar-refractivity contribution in [2.45, 2.75) is 9.75 Å². The summed E-state index contributed by atoms with van der Waals surface area (Å²) in [5.41, 5.74) is 2.10. The summed E-state index contributed by atoms with van der Waals surface area (Å²) >= 11 is 14.7. The number of nitro benzene ring substituents is 1. The standard InChI is InChI=1S/C27H19Cl2N3O6/c1-38-14-10-11-20(32(36)37)19(12-14)30-21(33)13-31-24(34)22-23(25(31)35)27(29)16-7-3-2-6-15(16)26(22,28)17-8-4-5-9-18(17)27/h2-12,22-23H,13H2,1H3,(H,30,33)/t22-,23+,26?,27?. The number of likely N-dealkylation sites (tertiary alicyclic amines) is 1. The SMILES string of the molecule is COc1ccc([N+](=O)[O-])c(NC(=O)CN2C(=O)[C@@H]3[C@H](C2=O)C2(Cl)c4ccccc4C3(Cl)c3ccccc32)c1. The van der Waals surface area contributed by atoms with Crippen LogP contribution in [0.4, 0.5) is 11.4 Å². The highest BCUT2D eigenvalue weighted by molar-refractivity contribution is 6.36. The van der Waals surface area contributed by atoms with Gasteiger partial charge in [-0.05, 0) is 28.3 Å². The van der Waals surface area contributed by atoms with E-state index in [1.165, 1.54) is 25.3 Å². The first kappa shape index (κ1) is 24.4. The van der Waals surface area contributed by atoms with Gasteiger partial charge in [0.05, 0.1) is 23.9 Å². The molecular formula is C27H19Cl2N3O6. The third-order valence-corrected chi connectivity index (χ3v) is 8.94. The summed E-state index contributed by atoms with van der Waals surface area (Å²) in [5.74, 6) is -3.85. The molecule has 1 N–H and O–H groups in total. The minimum atomic E-state index is -1.36. The number of anilines is 1. The maximum atomic E-state index is 13.8. The van der Waals surface area contributed by atoms with Crippen molar-refractivity contribution in [3.8, 4) is 5.75 Å². The van der Waals surface area contributed by atoms with Gasteiger partial charge >= 0.3 is 0 Å². The summed E-state index contributed by atoms with van der Waals surface area (Å²) in [6, 6.07) is 18.3. The minimum absolute atomic E-state index is 0.127. The molecular weight excluding hydrogens is 533 g/mol. The number of nitro groups is 1. The number of carbonyl (C=O) groups excluding carboxylic acids is 3. The molecule has 1 fully saturated rings. The van der Waals surface area contributed by atoms with Crippen molar-refractivity contribution in [3.05, 3.63) is 99.1 Å². The Labute approximate surface area is 226 Å². The molecule has 2 atom stereocenters. The van der Waals surface area contributed by atoms with Gasteiger partial charge in [0.2, 0.25) is 17.7 Å². The van der Waals surface area contributed by atoms with Gasteiger partial charge in [0.25, 0.3) is 5.69 Å². The molecule has 38 heavy (non-hydrogen) atoms. The molecule has 0 unspecified atom stereocenters. The zero-order valence-corrected chi connectivity index (χ0v) is 21.3. The Balaban J connectivity index is 1.39. The number of nitrogens with zero attached hydrogens (tertiary/aromatic N) is 2. The first-order chi connectivity index (χ1) is 18.1. The van der Waals surface area contributed by atoms with Crippen molar-refractivity contribution in [2.24, 2.45) is 11.8 Å². The molecule has 3 aromatic carbocycles. The molecule has 1 heterocycles. The van der Waals surface area contributed by atoms with E-state index in [0.29, 0.717) is 22.3 Å². The third kappa shape index (κ3) is 3.03. The van der Waals surface area contributed by atoms with Crippen LogP contribution >= 0.6 is 23.2 Å². The Hall–Kier alpha value is -3.95. The molecule has 4 aliphatic rings. The second-order valence-electron chi connectivity index (χ2n) is 9.42. The van der Waals surface area contributed by atoms with Crippen molar-refractivity contribution < 1.29 is 24.0 Å². The predicted octanol–water partition coefficient (Wildman–Crippen LogP) is 4.14. The number of rotatable bonds is 5. The second kappa shape index (κ2) is 8.28. The number of alkyl halides is 2. The number of hydrogen-bond acceptors (Lipinski definition) is 6. The van der Waals surface area contributed by atoms with Crippen molar-refractivity contribution in [2.75, 3.05) is 19.0 Å². The highest BCUT2D eigenvalue weighted by Crippen LogP contribution is 2.69. The van der Waals surface area contributed by atoms with Crippen molar-refractivity contribution in [3.63, 3.8) is 0 Å². The van der Waals surface area contributed by atoms with Crippen LogP contribution in [0.5, 0.6) is 5.75 Å². The number of carbonyl (C=O) groups is 3. The number of ether oxygens (including phenoxy) is 1. The molecule has 11 heteroatoms. The molecule has 1 saturated heterocycles. The van der Waals surface area contributed by atoms with Crippen LogP contribution in [0, 0.1) is 22.0 Å². The molecule has 3 aliphatic carbocycles. The van der Waals surface area contributed by atoms with Gasteiger partial charge in [-0.3, -0.25) is 29.4 Å². The molecule has 0 spiro atoms. The molecule has 3 amide bonds. The first-order valence-corrected chi connectivity index (χ1v) is 12.4. The lowest BCUT2D eigenvalue weighted by Gasteiger charge is -2.54. The molecule has 2 bridgehead atoms. The topological polar surface area (TPSA) is 119 Å². The molecule has 3 aromatic rings. The van der Waals surface area contributed by atoms with Gasteiger partial charge in [-0.1, -0.05) is 48.5 Å². The highest BCUT2D eigenvalue weighted by Gasteiger charge is 2.73. The summed E-state index contributed by atoms with van der Waals surface area (Å²) < 4.78 is 5.10. The summed E-state index contributed by atoms with van der Waals surface area (Å²) in [5, 5.41) is 13.9. The quantitative estimate of drug-likeness (QED) is 0.220. The summed E-state index contributed by atoms with van der Waals surface area (Å²) in [4.78, 5) is 49.6. The Morgan fingerprint density at radius 2 is 1.42 bits per heavy atom. The molecule has 0 saturated carbocycles. The largest absolute Gasteiger partial charge is 0.497 e. The minimum Gasteiger partial charge on any atom is -0.497 e. The summed E-state index contributed by atoms with van der Waals surface area (Å²) in [7, 11) is 1.38. The average molecular weight is 552 g/mol. The van der Waals surface area contributed by atoms with E-state index in [1.54, 1.807) is 48.5 Å². The van der Waals surface area contributed by atoms with Gasteiger partial charge in [0.15, 0.2) is 0 Å². The number of methoxy groups -OCH3 is 1. The van der Waals surface area contributed by atoms with E-state index in [4.69, 9.17) is 27.9 Å². The number of benzene rings is 3. The fourth-order valence-corrected chi connectivity index (χ4v) is 7.21.